The van der Waals surface area contributed by atoms with Gasteiger partial charge in [0.25, 0.3) is 0 Å². The molecule has 0 saturated heterocycles. The smallest absolute Gasteiger partial charge is 0.203 e. The summed E-state index contributed by atoms with van der Waals surface area (Å²) >= 11 is 1.48. The number of thiazole rings is 1. The van der Waals surface area contributed by atoms with Crippen LogP contribution in [0.2, 0.25) is 0 Å². The van der Waals surface area contributed by atoms with E-state index in [4.69, 9.17) is 0 Å². The second kappa shape index (κ2) is 6.49. The maximum Gasteiger partial charge on any atom is 0.203 e. The van der Waals surface area contributed by atoms with Gasteiger partial charge < -0.3 is 0 Å². The van der Waals surface area contributed by atoms with Gasteiger partial charge in [-0.1, -0.05) is 36.4 Å². The van der Waals surface area contributed by atoms with Crippen molar-refractivity contribution in [1.29, 1.82) is 0 Å². The minimum atomic E-state index is -0.271. The first-order valence-corrected chi connectivity index (χ1v) is 7.66. The fourth-order valence-corrected chi connectivity index (χ4v) is 2.64. The van der Waals surface area contributed by atoms with E-state index >= 15 is 0 Å². The average Bonchev–Trinajstić information content (AvgIpc) is 3.00. The van der Waals surface area contributed by atoms with Crippen molar-refractivity contribution in [3.8, 4) is 11.3 Å². The molecule has 2 aromatic carbocycles. The summed E-state index contributed by atoms with van der Waals surface area (Å²) in [5, 5.41) is 6.80. The van der Waals surface area contributed by atoms with Crippen molar-refractivity contribution >= 4 is 22.7 Å². The van der Waals surface area contributed by atoms with Crippen molar-refractivity contribution in [1.82, 2.24) is 4.98 Å². The van der Waals surface area contributed by atoms with Gasteiger partial charge in [-0.15, -0.1) is 11.3 Å². The second-order valence-corrected chi connectivity index (χ2v) is 5.63. The number of hydrazone groups is 1. The molecule has 1 N–H and O–H groups in total. The minimum absolute atomic E-state index is 0.271. The molecule has 22 heavy (non-hydrogen) atoms. The number of aromatic nitrogens is 1. The van der Waals surface area contributed by atoms with E-state index in [9.17, 15) is 4.39 Å². The predicted molar refractivity (Wildman–Crippen MR) is 89.9 cm³/mol. The summed E-state index contributed by atoms with van der Waals surface area (Å²) < 4.78 is 13.2. The maximum atomic E-state index is 13.2. The van der Waals surface area contributed by atoms with Crippen LogP contribution in [-0.2, 0) is 0 Å². The molecular formula is C17H14FN3S. The van der Waals surface area contributed by atoms with Crippen LogP contribution in [-0.4, -0.2) is 11.2 Å². The first-order chi connectivity index (χ1) is 10.7. The van der Waals surface area contributed by atoms with Crippen molar-refractivity contribution in [3.05, 3.63) is 70.9 Å². The fourth-order valence-electron chi connectivity index (χ4n) is 1.97. The van der Waals surface area contributed by atoms with Crippen molar-refractivity contribution in [2.45, 2.75) is 6.92 Å². The highest BCUT2D eigenvalue weighted by Crippen LogP contribution is 2.24. The van der Waals surface area contributed by atoms with Crippen LogP contribution in [0.1, 0.15) is 11.1 Å². The summed E-state index contributed by atoms with van der Waals surface area (Å²) in [6.45, 7) is 1.91. The molecule has 0 aliphatic carbocycles. The predicted octanol–water partition coefficient (Wildman–Crippen LogP) is 4.70. The minimum Gasteiger partial charge on any atom is -0.253 e. The molecule has 110 valence electrons. The van der Waals surface area contributed by atoms with Crippen LogP contribution in [0, 0.1) is 12.7 Å². The molecule has 0 fully saturated rings. The molecule has 3 aromatic rings. The molecule has 1 heterocycles. The molecule has 3 nitrogen and oxygen atoms in total. The lowest BCUT2D eigenvalue weighted by atomic mass is 10.1. The van der Waals surface area contributed by atoms with Gasteiger partial charge in [-0.3, -0.25) is 5.43 Å². The summed E-state index contributed by atoms with van der Waals surface area (Å²) in [7, 11) is 0. The molecule has 0 unspecified atom stereocenters. The van der Waals surface area contributed by atoms with Crippen LogP contribution in [0.25, 0.3) is 11.3 Å². The third kappa shape index (κ3) is 3.38. The molecular weight excluding hydrogens is 297 g/mol. The molecule has 0 atom stereocenters. The van der Waals surface area contributed by atoms with E-state index < -0.39 is 0 Å². The number of halogens is 1. The molecule has 0 bridgehead atoms. The summed E-state index contributed by atoms with van der Waals surface area (Å²) in [6.07, 6.45) is 1.60. The standard InChI is InChI=1S/C17H14FN3S/c1-12-7-8-15(18)9-14(12)10-19-21-17-20-16(11-22-17)13-5-3-2-4-6-13/h2-11H,1H3,(H,20,21). The van der Waals surface area contributed by atoms with Crippen LogP contribution in [0.15, 0.2) is 59.0 Å². The monoisotopic (exact) mass is 311 g/mol. The molecule has 0 saturated carbocycles. The summed E-state index contributed by atoms with van der Waals surface area (Å²) in [6, 6.07) is 14.6. The third-order valence-electron chi connectivity index (χ3n) is 3.18. The van der Waals surface area contributed by atoms with Gasteiger partial charge >= 0.3 is 0 Å². The zero-order valence-electron chi connectivity index (χ0n) is 12.0. The summed E-state index contributed by atoms with van der Waals surface area (Å²) in [5.74, 6) is -0.271. The van der Waals surface area contributed by atoms with E-state index in [1.807, 2.05) is 42.6 Å². The van der Waals surface area contributed by atoms with E-state index in [0.717, 1.165) is 22.4 Å². The van der Waals surface area contributed by atoms with Gasteiger partial charge in [0.2, 0.25) is 5.13 Å². The Balaban J connectivity index is 1.71. The van der Waals surface area contributed by atoms with Gasteiger partial charge in [-0.25, -0.2) is 9.37 Å². The Kier molecular flexibility index (Phi) is 4.25. The number of anilines is 1. The van der Waals surface area contributed by atoms with Crippen molar-refractivity contribution in [2.24, 2.45) is 5.10 Å². The van der Waals surface area contributed by atoms with Crippen molar-refractivity contribution < 1.29 is 4.39 Å². The van der Waals surface area contributed by atoms with Gasteiger partial charge in [0.1, 0.15) is 5.82 Å². The van der Waals surface area contributed by atoms with Gasteiger partial charge in [0.15, 0.2) is 0 Å². The largest absolute Gasteiger partial charge is 0.253 e. The van der Waals surface area contributed by atoms with Crippen LogP contribution in [0.4, 0.5) is 9.52 Å². The number of rotatable bonds is 4. The Labute approximate surface area is 132 Å². The topological polar surface area (TPSA) is 37.3 Å². The Bertz CT molecular complexity index is 797. The first kappa shape index (κ1) is 14.4. The quantitative estimate of drug-likeness (QED) is 0.560. The van der Waals surface area contributed by atoms with Crippen LogP contribution < -0.4 is 5.43 Å². The molecule has 0 amide bonds. The van der Waals surface area contributed by atoms with Crippen molar-refractivity contribution in [3.63, 3.8) is 0 Å². The molecule has 3 rings (SSSR count). The molecule has 0 aliphatic rings. The lowest BCUT2D eigenvalue weighted by molar-refractivity contribution is 0.627. The second-order valence-electron chi connectivity index (χ2n) is 4.77. The van der Waals surface area contributed by atoms with Crippen molar-refractivity contribution in [2.75, 3.05) is 5.43 Å². The molecule has 5 heteroatoms. The lowest BCUT2D eigenvalue weighted by Crippen LogP contribution is -1.93. The first-order valence-electron chi connectivity index (χ1n) is 6.78. The highest BCUT2D eigenvalue weighted by molar-refractivity contribution is 7.14. The number of nitrogens with zero attached hydrogens (tertiary/aromatic N) is 2. The zero-order valence-corrected chi connectivity index (χ0v) is 12.8. The van der Waals surface area contributed by atoms with Crippen LogP contribution in [0.3, 0.4) is 0 Å². The zero-order chi connectivity index (χ0) is 15.4. The molecule has 0 aliphatic heterocycles. The molecule has 1 aromatic heterocycles. The summed E-state index contributed by atoms with van der Waals surface area (Å²) in [5.41, 5.74) is 6.57. The van der Waals surface area contributed by atoms with Gasteiger partial charge in [-0.2, -0.15) is 5.10 Å². The lowest BCUT2D eigenvalue weighted by Gasteiger charge is -1.99. The normalized spacial score (nSPS) is 11.0. The number of hydrogen-bond donors (Lipinski definition) is 1. The van der Waals surface area contributed by atoms with Crippen LogP contribution >= 0.6 is 11.3 Å². The van der Waals surface area contributed by atoms with Gasteiger partial charge in [-0.05, 0) is 24.6 Å². The Morgan fingerprint density at radius 1 is 1.18 bits per heavy atom. The van der Waals surface area contributed by atoms with Gasteiger partial charge in [0.05, 0.1) is 11.9 Å². The van der Waals surface area contributed by atoms with Gasteiger partial charge in [0, 0.05) is 16.5 Å². The van der Waals surface area contributed by atoms with Crippen LogP contribution in [0.5, 0.6) is 0 Å². The Hall–Kier alpha value is -2.53. The van der Waals surface area contributed by atoms with E-state index in [0.29, 0.717) is 5.13 Å². The Morgan fingerprint density at radius 3 is 2.82 bits per heavy atom. The van der Waals surface area contributed by atoms with E-state index in [1.165, 1.54) is 23.5 Å². The number of aryl methyl sites for hydroxylation is 1. The fraction of sp³-hybridized carbons (Fsp3) is 0.0588. The van der Waals surface area contributed by atoms with E-state index in [-0.39, 0.29) is 5.82 Å². The highest BCUT2D eigenvalue weighted by Gasteiger charge is 2.03. The summed E-state index contributed by atoms with van der Waals surface area (Å²) in [4.78, 5) is 4.47. The molecule has 0 spiro atoms. The van der Waals surface area contributed by atoms with E-state index in [1.54, 1.807) is 12.3 Å². The Morgan fingerprint density at radius 2 is 2.00 bits per heavy atom. The average molecular weight is 311 g/mol. The number of hydrogen-bond acceptors (Lipinski definition) is 4. The SMILES string of the molecule is Cc1ccc(F)cc1C=NNc1nc(-c2ccccc2)cs1. The maximum absolute atomic E-state index is 13.2. The van der Waals surface area contributed by atoms with E-state index in [2.05, 4.69) is 15.5 Å². The molecule has 0 radical (unpaired) electrons. The highest BCUT2D eigenvalue weighted by atomic mass is 32.1. The third-order valence-corrected chi connectivity index (χ3v) is 3.93. The number of benzene rings is 2. The number of nitrogens with one attached hydrogen (secondary N) is 1.